The average Bonchev–Trinajstić information content (AvgIpc) is 2.41. The van der Waals surface area contributed by atoms with Gasteiger partial charge < -0.3 is 9.84 Å². The van der Waals surface area contributed by atoms with E-state index >= 15 is 0 Å². The normalized spacial score (nSPS) is 10.3. The third-order valence-corrected chi connectivity index (χ3v) is 3.72. The molecule has 0 bridgehead atoms. The van der Waals surface area contributed by atoms with Crippen molar-refractivity contribution in [2.75, 3.05) is 0 Å². The fourth-order valence-corrected chi connectivity index (χ4v) is 2.14. The third-order valence-electron chi connectivity index (χ3n) is 2.84. The number of aryl methyl sites for hydroxylation is 1. The van der Waals surface area contributed by atoms with Crippen molar-refractivity contribution < 1.29 is 19.0 Å². The summed E-state index contributed by atoms with van der Waals surface area (Å²) in [5.41, 5.74) is 1.62. The van der Waals surface area contributed by atoms with Crippen LogP contribution in [0.25, 0.3) is 0 Å². The summed E-state index contributed by atoms with van der Waals surface area (Å²) in [5.74, 6) is -0.747. The van der Waals surface area contributed by atoms with Gasteiger partial charge in [0.1, 0.15) is 18.2 Å². The van der Waals surface area contributed by atoms with Crippen molar-refractivity contribution in [1.82, 2.24) is 0 Å². The first-order valence-corrected chi connectivity index (χ1v) is 6.68. The molecule has 0 heterocycles. The van der Waals surface area contributed by atoms with E-state index in [1.54, 1.807) is 25.1 Å². The smallest absolute Gasteiger partial charge is 0.335 e. The molecule has 0 aliphatic rings. The van der Waals surface area contributed by atoms with E-state index in [2.05, 4.69) is 15.9 Å². The lowest BCUT2D eigenvalue weighted by atomic mass is 10.1. The second-order valence-electron chi connectivity index (χ2n) is 4.29. The summed E-state index contributed by atoms with van der Waals surface area (Å²) < 4.78 is 19.3. The van der Waals surface area contributed by atoms with Crippen LogP contribution in [0.1, 0.15) is 21.5 Å². The van der Waals surface area contributed by atoms with Crippen molar-refractivity contribution in [1.29, 1.82) is 0 Å². The van der Waals surface area contributed by atoms with Gasteiger partial charge in [0.05, 0.1) is 10.0 Å². The van der Waals surface area contributed by atoms with E-state index in [9.17, 15) is 9.18 Å². The molecule has 2 aromatic rings. The molecule has 0 aromatic heterocycles. The monoisotopic (exact) mass is 338 g/mol. The molecule has 20 heavy (non-hydrogen) atoms. The average molecular weight is 339 g/mol. The molecule has 104 valence electrons. The molecular weight excluding hydrogens is 327 g/mol. The number of ether oxygens (including phenoxy) is 1. The van der Waals surface area contributed by atoms with Gasteiger partial charge in [0, 0.05) is 5.56 Å². The highest BCUT2D eigenvalue weighted by Crippen LogP contribution is 2.24. The highest BCUT2D eigenvalue weighted by atomic mass is 79.9. The summed E-state index contributed by atoms with van der Waals surface area (Å²) in [4.78, 5) is 10.8. The second kappa shape index (κ2) is 6.05. The first-order valence-electron chi connectivity index (χ1n) is 5.88. The van der Waals surface area contributed by atoms with Gasteiger partial charge in [-0.15, -0.1) is 0 Å². The molecule has 0 saturated heterocycles. The van der Waals surface area contributed by atoms with Gasteiger partial charge >= 0.3 is 5.97 Å². The topological polar surface area (TPSA) is 46.5 Å². The molecular formula is C15H12BrFO3. The molecule has 0 saturated carbocycles. The lowest BCUT2D eigenvalue weighted by Gasteiger charge is -2.11. The van der Waals surface area contributed by atoms with Gasteiger partial charge in [-0.1, -0.05) is 12.1 Å². The molecule has 0 unspecified atom stereocenters. The maximum atomic E-state index is 13.4. The van der Waals surface area contributed by atoms with Crippen LogP contribution in [0.5, 0.6) is 5.75 Å². The molecule has 2 rings (SSSR count). The van der Waals surface area contributed by atoms with Crippen LogP contribution in [0.15, 0.2) is 40.9 Å². The number of carboxylic acid groups (broad SMARTS) is 1. The number of hydrogen-bond acceptors (Lipinski definition) is 2. The molecule has 0 radical (unpaired) electrons. The van der Waals surface area contributed by atoms with E-state index in [0.717, 1.165) is 5.56 Å². The summed E-state index contributed by atoms with van der Waals surface area (Å²) >= 11 is 3.17. The zero-order valence-electron chi connectivity index (χ0n) is 10.7. The Morgan fingerprint density at radius 2 is 2.10 bits per heavy atom. The summed E-state index contributed by atoms with van der Waals surface area (Å²) in [6.07, 6.45) is 0. The zero-order chi connectivity index (χ0) is 14.7. The molecule has 0 spiro atoms. The minimum Gasteiger partial charge on any atom is -0.489 e. The van der Waals surface area contributed by atoms with Crippen molar-refractivity contribution in [3.05, 3.63) is 63.4 Å². The highest BCUT2D eigenvalue weighted by Gasteiger charge is 2.09. The Morgan fingerprint density at radius 3 is 2.75 bits per heavy atom. The van der Waals surface area contributed by atoms with Crippen LogP contribution in [0.4, 0.5) is 4.39 Å². The lowest BCUT2D eigenvalue weighted by Crippen LogP contribution is -2.01. The van der Waals surface area contributed by atoms with E-state index in [1.807, 2.05) is 0 Å². The van der Waals surface area contributed by atoms with Gasteiger partial charge in [-0.2, -0.15) is 0 Å². The van der Waals surface area contributed by atoms with Crippen LogP contribution in [-0.4, -0.2) is 11.1 Å². The van der Waals surface area contributed by atoms with Crippen LogP contribution in [0, 0.1) is 12.7 Å². The Morgan fingerprint density at radius 1 is 1.35 bits per heavy atom. The van der Waals surface area contributed by atoms with Crippen LogP contribution in [0.2, 0.25) is 0 Å². The summed E-state index contributed by atoms with van der Waals surface area (Å²) in [6.45, 7) is 1.97. The first kappa shape index (κ1) is 14.5. The van der Waals surface area contributed by atoms with Gasteiger partial charge in [0.25, 0.3) is 0 Å². The number of carbonyl (C=O) groups is 1. The molecule has 0 amide bonds. The number of halogens is 2. The molecule has 0 aliphatic heterocycles. The quantitative estimate of drug-likeness (QED) is 0.909. The fraction of sp³-hybridized carbons (Fsp3) is 0.133. The maximum absolute atomic E-state index is 13.4. The summed E-state index contributed by atoms with van der Waals surface area (Å²) in [5, 5.41) is 8.89. The Bertz CT molecular complexity index is 656. The van der Waals surface area contributed by atoms with Crippen LogP contribution in [0.3, 0.4) is 0 Å². The molecule has 1 N–H and O–H groups in total. The van der Waals surface area contributed by atoms with Crippen molar-refractivity contribution in [2.24, 2.45) is 0 Å². The van der Waals surface area contributed by atoms with Gasteiger partial charge in [0.15, 0.2) is 0 Å². The molecule has 5 heteroatoms. The molecule has 0 fully saturated rings. The van der Waals surface area contributed by atoms with E-state index in [0.29, 0.717) is 15.8 Å². The largest absolute Gasteiger partial charge is 0.489 e. The highest BCUT2D eigenvalue weighted by molar-refractivity contribution is 9.10. The van der Waals surface area contributed by atoms with Gasteiger partial charge in [-0.05, 0) is 52.7 Å². The number of hydrogen-bond donors (Lipinski definition) is 1. The first-order chi connectivity index (χ1) is 9.49. The Labute approximate surface area is 124 Å². The van der Waals surface area contributed by atoms with Gasteiger partial charge in [-0.3, -0.25) is 0 Å². The van der Waals surface area contributed by atoms with Crippen molar-refractivity contribution in [3.63, 3.8) is 0 Å². The number of rotatable bonds is 4. The van der Waals surface area contributed by atoms with E-state index < -0.39 is 5.97 Å². The van der Waals surface area contributed by atoms with Gasteiger partial charge in [0.2, 0.25) is 0 Å². The Balaban J connectivity index is 2.15. The standard InChI is InChI=1S/C15H12BrFO3/c1-9-7-10(15(18)19)5-6-13(9)20-8-11-3-2-4-12(17)14(11)16/h2-7H,8H2,1H3,(H,18,19). The number of benzene rings is 2. The lowest BCUT2D eigenvalue weighted by molar-refractivity contribution is 0.0696. The zero-order valence-corrected chi connectivity index (χ0v) is 12.3. The van der Waals surface area contributed by atoms with E-state index in [1.165, 1.54) is 18.2 Å². The van der Waals surface area contributed by atoms with Crippen LogP contribution < -0.4 is 4.74 Å². The second-order valence-corrected chi connectivity index (χ2v) is 5.08. The molecule has 0 aliphatic carbocycles. The molecule has 0 atom stereocenters. The molecule has 2 aromatic carbocycles. The van der Waals surface area contributed by atoms with Crippen LogP contribution >= 0.6 is 15.9 Å². The SMILES string of the molecule is Cc1cc(C(=O)O)ccc1OCc1cccc(F)c1Br. The Kier molecular flexibility index (Phi) is 4.39. The van der Waals surface area contributed by atoms with E-state index in [-0.39, 0.29) is 18.0 Å². The van der Waals surface area contributed by atoms with E-state index in [4.69, 9.17) is 9.84 Å². The van der Waals surface area contributed by atoms with Gasteiger partial charge in [-0.25, -0.2) is 9.18 Å². The number of carboxylic acids is 1. The molecule has 3 nitrogen and oxygen atoms in total. The van der Waals surface area contributed by atoms with Crippen LogP contribution in [-0.2, 0) is 6.61 Å². The fourth-order valence-electron chi connectivity index (χ4n) is 1.76. The van der Waals surface area contributed by atoms with Crippen molar-refractivity contribution in [3.8, 4) is 5.75 Å². The maximum Gasteiger partial charge on any atom is 0.335 e. The predicted octanol–water partition coefficient (Wildman–Crippen LogP) is 4.17. The minimum atomic E-state index is -0.979. The summed E-state index contributed by atoms with van der Waals surface area (Å²) in [6, 6.07) is 9.35. The number of aromatic carboxylic acids is 1. The van der Waals surface area contributed by atoms with Crippen molar-refractivity contribution >= 4 is 21.9 Å². The van der Waals surface area contributed by atoms with Crippen molar-refractivity contribution in [2.45, 2.75) is 13.5 Å². The predicted molar refractivity (Wildman–Crippen MR) is 76.6 cm³/mol. The summed E-state index contributed by atoms with van der Waals surface area (Å²) in [7, 11) is 0. The minimum absolute atomic E-state index is 0.200. The Hall–Kier alpha value is -1.88. The third kappa shape index (κ3) is 3.17.